The first-order valence-electron chi connectivity index (χ1n) is 12.1. The minimum Gasteiger partial charge on any atom is -0.324 e. The van der Waals surface area contributed by atoms with Crippen molar-refractivity contribution < 1.29 is 0 Å². The summed E-state index contributed by atoms with van der Waals surface area (Å²) < 4.78 is 2.74. The normalized spacial score (nSPS) is 36.3. The number of allylic oxidation sites excluding steroid dienone is 4. The van der Waals surface area contributed by atoms with Crippen LogP contribution in [0.15, 0.2) is 24.3 Å². The van der Waals surface area contributed by atoms with Gasteiger partial charge in [-0.3, -0.25) is 0 Å². The van der Waals surface area contributed by atoms with Crippen molar-refractivity contribution in [3.8, 4) is 0 Å². The van der Waals surface area contributed by atoms with Crippen molar-refractivity contribution in [3.63, 3.8) is 0 Å². The van der Waals surface area contributed by atoms with E-state index >= 15 is 0 Å². The molecule has 1 aliphatic heterocycles. The summed E-state index contributed by atoms with van der Waals surface area (Å²) in [6.45, 7) is 0. The third-order valence-corrected chi connectivity index (χ3v) is 7.91. The number of imidazole rings is 1. The zero-order chi connectivity index (χ0) is 18.8. The molecule has 1 aromatic rings. The molecule has 0 bridgehead atoms. The predicted molar refractivity (Wildman–Crippen MR) is 118 cm³/mol. The summed E-state index contributed by atoms with van der Waals surface area (Å²) in [6, 6.07) is 0.676. The van der Waals surface area contributed by atoms with Gasteiger partial charge in [0, 0.05) is 12.0 Å². The lowest BCUT2D eigenvalue weighted by molar-refractivity contribution is 0.108. The molecule has 2 heterocycles. The van der Waals surface area contributed by atoms with E-state index in [2.05, 4.69) is 41.0 Å². The third kappa shape index (κ3) is 3.44. The van der Waals surface area contributed by atoms with Gasteiger partial charge in [0.05, 0.1) is 11.4 Å². The van der Waals surface area contributed by atoms with E-state index in [0.717, 1.165) is 11.8 Å². The van der Waals surface area contributed by atoms with E-state index in [1.807, 2.05) is 0 Å². The van der Waals surface area contributed by atoms with Crippen molar-refractivity contribution in [2.24, 2.45) is 11.8 Å². The fourth-order valence-electron chi connectivity index (χ4n) is 6.64. The number of hydrogen-bond acceptors (Lipinski definition) is 1. The molecule has 2 saturated carbocycles. The monoisotopic (exact) mass is 376 g/mol. The van der Waals surface area contributed by atoms with Crippen LogP contribution in [-0.2, 0) is 0 Å². The number of aromatic nitrogens is 2. The molecule has 0 N–H and O–H groups in total. The van der Waals surface area contributed by atoms with Gasteiger partial charge >= 0.3 is 0 Å². The zero-order valence-electron chi connectivity index (χ0n) is 17.4. The number of rotatable bonds is 0. The van der Waals surface area contributed by atoms with E-state index in [4.69, 9.17) is 4.98 Å². The molecule has 0 amide bonds. The molecule has 4 aliphatic rings. The first kappa shape index (κ1) is 18.5. The first-order valence-corrected chi connectivity index (χ1v) is 12.1. The molecular weight excluding hydrogens is 340 g/mol. The summed E-state index contributed by atoms with van der Waals surface area (Å²) in [5, 5.41) is 0. The van der Waals surface area contributed by atoms with E-state index in [1.54, 1.807) is 0 Å². The first-order chi connectivity index (χ1) is 13.9. The molecule has 2 fully saturated rings. The van der Waals surface area contributed by atoms with Gasteiger partial charge in [0.1, 0.15) is 5.82 Å². The average Bonchev–Trinajstić information content (AvgIpc) is 3.04. The Morgan fingerprint density at radius 2 is 1.29 bits per heavy atom. The van der Waals surface area contributed by atoms with Crippen LogP contribution in [0.3, 0.4) is 0 Å². The van der Waals surface area contributed by atoms with E-state index < -0.39 is 0 Å². The minimum absolute atomic E-state index is 0.676. The summed E-state index contributed by atoms with van der Waals surface area (Å²) in [5.41, 5.74) is 2.58. The summed E-state index contributed by atoms with van der Waals surface area (Å²) >= 11 is 0. The lowest BCUT2D eigenvalue weighted by Crippen LogP contribution is -2.38. The van der Waals surface area contributed by atoms with Crippen molar-refractivity contribution in [1.82, 2.24) is 9.55 Å². The molecule has 3 aliphatic carbocycles. The van der Waals surface area contributed by atoms with Gasteiger partial charge in [-0.15, -0.1) is 0 Å². The van der Waals surface area contributed by atoms with E-state index in [-0.39, 0.29) is 0 Å². The Hall–Kier alpha value is -1.57. The molecule has 150 valence electrons. The van der Waals surface area contributed by atoms with Gasteiger partial charge in [-0.1, -0.05) is 82.1 Å². The predicted octanol–water partition coefficient (Wildman–Crippen LogP) is 7.45. The van der Waals surface area contributed by atoms with E-state index in [0.29, 0.717) is 12.0 Å². The van der Waals surface area contributed by atoms with Gasteiger partial charge in [0.15, 0.2) is 0 Å². The SMILES string of the molecule is C1=C\C=C/c2c(nc3n2C2CCCCCCC2C2CCCCCCCC32)\C=C/1. The lowest BCUT2D eigenvalue weighted by atomic mass is 9.67. The molecule has 0 spiro atoms. The second-order valence-corrected chi connectivity index (χ2v) is 9.55. The Morgan fingerprint density at radius 1 is 0.643 bits per heavy atom. The fraction of sp³-hybridized carbons (Fsp3) is 0.654. The highest BCUT2D eigenvalue weighted by Gasteiger charge is 2.44. The molecule has 4 unspecified atom stereocenters. The van der Waals surface area contributed by atoms with E-state index in [9.17, 15) is 0 Å². The molecule has 0 radical (unpaired) electrons. The van der Waals surface area contributed by atoms with Crippen LogP contribution in [0.1, 0.15) is 113 Å². The number of fused-ring (bicyclic) bond motifs is 8. The highest BCUT2D eigenvalue weighted by atomic mass is 15.1. The van der Waals surface area contributed by atoms with Crippen molar-refractivity contribution in [2.45, 2.75) is 95.4 Å². The maximum Gasteiger partial charge on any atom is 0.113 e. The van der Waals surface area contributed by atoms with Crippen LogP contribution >= 0.6 is 0 Å². The second-order valence-electron chi connectivity index (χ2n) is 9.55. The molecule has 4 atom stereocenters. The Bertz CT molecular complexity index is 766. The van der Waals surface area contributed by atoms with Crippen molar-refractivity contribution >= 4 is 12.2 Å². The Morgan fingerprint density at radius 3 is 2.11 bits per heavy atom. The Kier molecular flexibility index (Phi) is 5.56. The smallest absolute Gasteiger partial charge is 0.113 e. The zero-order valence-corrected chi connectivity index (χ0v) is 17.4. The quantitative estimate of drug-likeness (QED) is 0.460. The molecule has 2 heteroatoms. The third-order valence-electron chi connectivity index (χ3n) is 7.91. The largest absolute Gasteiger partial charge is 0.324 e. The summed E-state index contributed by atoms with van der Waals surface area (Å²) in [5.74, 6) is 3.86. The maximum absolute atomic E-state index is 5.32. The topological polar surface area (TPSA) is 17.8 Å². The van der Waals surface area contributed by atoms with Crippen LogP contribution in [0.4, 0.5) is 0 Å². The standard InChI is InChI=1S/C26H36N2/c1-2-8-14-20-21-15-9-4-6-12-18-24(21)28-25-19-13-7-5-11-17-23(25)27-26(28)22(20)16-10-3-1/h5,7,11,13,17,19-22,24H,1-4,6,8-10,12,14-16,18H2/b7-5-,11-5?,13-7?,17-11-,19-13-,23-17?,25-19?. The van der Waals surface area contributed by atoms with Gasteiger partial charge in [-0.25, -0.2) is 4.98 Å². The van der Waals surface area contributed by atoms with Crippen LogP contribution in [-0.4, -0.2) is 9.55 Å². The molecule has 2 nitrogen and oxygen atoms in total. The van der Waals surface area contributed by atoms with Gasteiger partial charge in [0.25, 0.3) is 0 Å². The second kappa shape index (κ2) is 8.43. The number of nitrogens with zero attached hydrogens (tertiary/aromatic N) is 2. The summed E-state index contributed by atoms with van der Waals surface area (Å²) in [6.07, 6.45) is 31.7. The van der Waals surface area contributed by atoms with Crippen molar-refractivity contribution in [2.75, 3.05) is 0 Å². The highest BCUT2D eigenvalue weighted by molar-refractivity contribution is 5.64. The Labute approximate surface area is 170 Å². The number of hydrogen-bond donors (Lipinski definition) is 0. The summed E-state index contributed by atoms with van der Waals surface area (Å²) in [7, 11) is 0. The van der Waals surface area contributed by atoms with Crippen LogP contribution in [0.2, 0.25) is 0 Å². The van der Waals surface area contributed by atoms with Crippen LogP contribution < -0.4 is 0 Å². The molecular formula is C26H36N2. The van der Waals surface area contributed by atoms with Crippen LogP contribution in [0.25, 0.3) is 12.2 Å². The molecule has 1 aromatic heterocycles. The van der Waals surface area contributed by atoms with Gasteiger partial charge < -0.3 is 4.57 Å². The van der Waals surface area contributed by atoms with E-state index in [1.165, 1.54) is 101 Å². The molecule has 0 saturated heterocycles. The van der Waals surface area contributed by atoms with Gasteiger partial charge in [-0.2, -0.15) is 0 Å². The minimum atomic E-state index is 0.676. The maximum atomic E-state index is 5.32. The fourth-order valence-corrected chi connectivity index (χ4v) is 6.64. The van der Waals surface area contributed by atoms with Crippen molar-refractivity contribution in [1.29, 1.82) is 0 Å². The van der Waals surface area contributed by atoms with Crippen LogP contribution in [0.5, 0.6) is 0 Å². The Balaban J connectivity index is 1.64. The molecule has 28 heavy (non-hydrogen) atoms. The van der Waals surface area contributed by atoms with Gasteiger partial charge in [0.2, 0.25) is 0 Å². The van der Waals surface area contributed by atoms with Gasteiger partial charge in [-0.05, 0) is 49.7 Å². The average molecular weight is 377 g/mol. The highest BCUT2D eigenvalue weighted by Crippen LogP contribution is 2.52. The molecule has 0 aromatic carbocycles. The molecule has 5 rings (SSSR count). The lowest BCUT2D eigenvalue weighted by Gasteiger charge is -2.46. The van der Waals surface area contributed by atoms with Crippen LogP contribution in [0, 0.1) is 11.8 Å². The summed E-state index contributed by atoms with van der Waals surface area (Å²) in [4.78, 5) is 5.32. The van der Waals surface area contributed by atoms with Crippen molar-refractivity contribution in [3.05, 3.63) is 41.5 Å².